The molecule has 0 radical (unpaired) electrons. The molecule has 0 unspecified atom stereocenters. The summed E-state index contributed by atoms with van der Waals surface area (Å²) in [5.41, 5.74) is 0. The first-order chi connectivity index (χ1) is 7.95. The number of urea groups is 2. The molecule has 6 nitrogen and oxygen atoms in total. The highest BCUT2D eigenvalue weighted by Gasteiger charge is 2.27. The van der Waals surface area contributed by atoms with Gasteiger partial charge in [-0.25, -0.2) is 9.59 Å². The molecule has 6 heteroatoms. The summed E-state index contributed by atoms with van der Waals surface area (Å²) in [6.45, 7) is 5.20. The van der Waals surface area contributed by atoms with E-state index in [1.807, 2.05) is 13.8 Å². The lowest BCUT2D eigenvalue weighted by atomic mass is 10.2. The van der Waals surface area contributed by atoms with Crippen molar-refractivity contribution < 1.29 is 9.59 Å². The number of carbonyl (C=O) groups is 2. The van der Waals surface area contributed by atoms with Crippen LogP contribution in [0.15, 0.2) is 0 Å². The van der Waals surface area contributed by atoms with Crippen molar-refractivity contribution in [3.8, 4) is 0 Å². The van der Waals surface area contributed by atoms with Crippen molar-refractivity contribution in [3.05, 3.63) is 0 Å². The minimum absolute atomic E-state index is 0.0565. The molecule has 1 rings (SSSR count). The van der Waals surface area contributed by atoms with E-state index in [4.69, 9.17) is 0 Å². The number of nitrogens with zero attached hydrogens (tertiary/aromatic N) is 2. The Morgan fingerprint density at radius 3 is 2.59 bits per heavy atom. The quantitative estimate of drug-likeness (QED) is 0.738. The van der Waals surface area contributed by atoms with Crippen molar-refractivity contribution in [1.82, 2.24) is 20.4 Å². The lowest BCUT2D eigenvalue weighted by Gasteiger charge is -2.24. The van der Waals surface area contributed by atoms with Gasteiger partial charge in [-0.05, 0) is 20.3 Å². The van der Waals surface area contributed by atoms with E-state index in [1.165, 1.54) is 0 Å². The molecule has 17 heavy (non-hydrogen) atoms. The highest BCUT2D eigenvalue weighted by Crippen LogP contribution is 2.09. The van der Waals surface area contributed by atoms with Crippen LogP contribution in [0.4, 0.5) is 9.59 Å². The molecule has 1 atom stereocenters. The van der Waals surface area contributed by atoms with Crippen molar-refractivity contribution >= 4 is 12.1 Å². The largest absolute Gasteiger partial charge is 0.341 e. The fourth-order valence-electron chi connectivity index (χ4n) is 1.73. The van der Waals surface area contributed by atoms with E-state index in [0.717, 1.165) is 6.42 Å². The van der Waals surface area contributed by atoms with Crippen LogP contribution in [0.2, 0.25) is 0 Å². The molecule has 0 aromatic rings. The molecule has 1 saturated heterocycles. The standard InChI is InChI=1S/C11H22N4O2/c1-8(2)14(4)11(17)13-9-5-6-15(7-9)10(16)12-3/h8-9H,5-7H2,1-4H3,(H,12,16)(H,13,17)/t9-/m0/s1. The smallest absolute Gasteiger partial charge is 0.317 e. The van der Waals surface area contributed by atoms with Gasteiger partial charge in [0.2, 0.25) is 0 Å². The Bertz CT molecular complexity index is 293. The summed E-state index contributed by atoms with van der Waals surface area (Å²) in [4.78, 5) is 26.5. The second-order valence-electron chi connectivity index (χ2n) is 4.64. The van der Waals surface area contributed by atoms with E-state index < -0.39 is 0 Å². The number of rotatable bonds is 2. The van der Waals surface area contributed by atoms with E-state index in [-0.39, 0.29) is 24.1 Å². The Hall–Kier alpha value is -1.46. The predicted molar refractivity (Wildman–Crippen MR) is 65.9 cm³/mol. The minimum atomic E-state index is -0.0843. The number of hydrogen-bond donors (Lipinski definition) is 2. The molecule has 0 aromatic carbocycles. The van der Waals surface area contributed by atoms with Gasteiger partial charge in [0, 0.05) is 39.3 Å². The van der Waals surface area contributed by atoms with Gasteiger partial charge in [-0.1, -0.05) is 0 Å². The Balaban J connectivity index is 2.40. The molecule has 1 aliphatic heterocycles. The molecule has 0 bridgehead atoms. The topological polar surface area (TPSA) is 64.7 Å². The van der Waals surface area contributed by atoms with Crippen molar-refractivity contribution in [2.75, 3.05) is 27.2 Å². The zero-order valence-corrected chi connectivity index (χ0v) is 11.0. The second kappa shape index (κ2) is 5.75. The van der Waals surface area contributed by atoms with E-state index in [9.17, 15) is 9.59 Å². The summed E-state index contributed by atoms with van der Waals surface area (Å²) in [5, 5.41) is 5.52. The van der Waals surface area contributed by atoms with Crippen LogP contribution in [0.5, 0.6) is 0 Å². The molecular formula is C11H22N4O2. The lowest BCUT2D eigenvalue weighted by molar-refractivity contribution is 0.191. The molecule has 1 heterocycles. The van der Waals surface area contributed by atoms with Crippen LogP contribution in [0.1, 0.15) is 20.3 Å². The third-order valence-corrected chi connectivity index (χ3v) is 3.11. The molecule has 1 aliphatic rings. The average molecular weight is 242 g/mol. The van der Waals surface area contributed by atoms with Gasteiger partial charge in [0.25, 0.3) is 0 Å². The molecule has 1 fully saturated rings. The highest BCUT2D eigenvalue weighted by atomic mass is 16.2. The van der Waals surface area contributed by atoms with Crippen LogP contribution >= 0.6 is 0 Å². The van der Waals surface area contributed by atoms with E-state index in [1.54, 1.807) is 23.9 Å². The first-order valence-electron chi connectivity index (χ1n) is 5.95. The number of likely N-dealkylation sites (tertiary alicyclic amines) is 1. The molecular weight excluding hydrogens is 220 g/mol. The van der Waals surface area contributed by atoms with E-state index >= 15 is 0 Å². The third kappa shape index (κ3) is 3.51. The molecule has 98 valence electrons. The van der Waals surface area contributed by atoms with Gasteiger partial charge in [0.15, 0.2) is 0 Å². The summed E-state index contributed by atoms with van der Waals surface area (Å²) in [6, 6.07) is 0.0650. The average Bonchev–Trinajstić information content (AvgIpc) is 2.75. The lowest BCUT2D eigenvalue weighted by Crippen LogP contribution is -2.47. The van der Waals surface area contributed by atoms with Crippen LogP contribution in [-0.4, -0.2) is 61.1 Å². The number of carbonyl (C=O) groups excluding carboxylic acids is 2. The Morgan fingerprint density at radius 2 is 2.06 bits per heavy atom. The number of amides is 4. The van der Waals surface area contributed by atoms with Crippen molar-refractivity contribution in [1.29, 1.82) is 0 Å². The van der Waals surface area contributed by atoms with Gasteiger partial charge >= 0.3 is 12.1 Å². The van der Waals surface area contributed by atoms with E-state index in [0.29, 0.717) is 13.1 Å². The molecule has 0 aliphatic carbocycles. The monoisotopic (exact) mass is 242 g/mol. The van der Waals surface area contributed by atoms with Gasteiger partial charge in [0.1, 0.15) is 0 Å². The zero-order chi connectivity index (χ0) is 13.0. The second-order valence-corrected chi connectivity index (χ2v) is 4.64. The normalized spacial score (nSPS) is 19.4. The van der Waals surface area contributed by atoms with Gasteiger partial charge in [-0.3, -0.25) is 0 Å². The van der Waals surface area contributed by atoms with Crippen LogP contribution in [-0.2, 0) is 0 Å². The van der Waals surface area contributed by atoms with Crippen LogP contribution in [0.3, 0.4) is 0 Å². The number of hydrogen-bond acceptors (Lipinski definition) is 2. The maximum absolute atomic E-state index is 11.8. The maximum atomic E-state index is 11.8. The van der Waals surface area contributed by atoms with Crippen LogP contribution in [0.25, 0.3) is 0 Å². The fourth-order valence-corrected chi connectivity index (χ4v) is 1.73. The number of nitrogens with one attached hydrogen (secondary N) is 2. The minimum Gasteiger partial charge on any atom is -0.341 e. The Labute approximate surface area is 102 Å². The summed E-state index contributed by atoms with van der Waals surface area (Å²) in [7, 11) is 3.38. The van der Waals surface area contributed by atoms with Crippen molar-refractivity contribution in [3.63, 3.8) is 0 Å². The fraction of sp³-hybridized carbons (Fsp3) is 0.818. The highest BCUT2D eigenvalue weighted by molar-refractivity contribution is 5.76. The van der Waals surface area contributed by atoms with Crippen LogP contribution in [0, 0.1) is 0 Å². The first-order valence-corrected chi connectivity index (χ1v) is 5.95. The Kier molecular flexibility index (Phi) is 4.60. The molecule has 4 amide bonds. The summed E-state index contributed by atoms with van der Waals surface area (Å²) in [6.07, 6.45) is 0.811. The molecule has 0 spiro atoms. The van der Waals surface area contributed by atoms with Gasteiger partial charge in [-0.2, -0.15) is 0 Å². The van der Waals surface area contributed by atoms with Gasteiger partial charge < -0.3 is 20.4 Å². The zero-order valence-electron chi connectivity index (χ0n) is 11.0. The van der Waals surface area contributed by atoms with Crippen molar-refractivity contribution in [2.24, 2.45) is 0 Å². The SMILES string of the molecule is CNC(=O)N1CC[C@H](NC(=O)N(C)C(C)C)C1. The van der Waals surface area contributed by atoms with Crippen LogP contribution < -0.4 is 10.6 Å². The summed E-state index contributed by atoms with van der Waals surface area (Å²) in [5.74, 6) is 0. The van der Waals surface area contributed by atoms with Crippen molar-refractivity contribution in [2.45, 2.75) is 32.4 Å². The molecule has 0 saturated carbocycles. The summed E-state index contributed by atoms with van der Waals surface area (Å²) >= 11 is 0. The maximum Gasteiger partial charge on any atom is 0.317 e. The molecule has 2 N–H and O–H groups in total. The van der Waals surface area contributed by atoms with Gasteiger partial charge in [0.05, 0.1) is 0 Å². The Morgan fingerprint density at radius 1 is 1.41 bits per heavy atom. The van der Waals surface area contributed by atoms with E-state index in [2.05, 4.69) is 10.6 Å². The third-order valence-electron chi connectivity index (χ3n) is 3.11. The predicted octanol–water partition coefficient (Wildman–Crippen LogP) is 0.450. The molecule has 0 aromatic heterocycles. The van der Waals surface area contributed by atoms with Gasteiger partial charge in [-0.15, -0.1) is 0 Å². The first kappa shape index (κ1) is 13.6. The summed E-state index contributed by atoms with van der Waals surface area (Å²) < 4.78 is 0.